The molecule has 0 spiro atoms. The molecule has 1 saturated carbocycles. The van der Waals surface area contributed by atoms with Crippen LogP contribution in [0.2, 0.25) is 0 Å². The zero-order valence-corrected chi connectivity index (χ0v) is 15.7. The second kappa shape index (κ2) is 7.88. The largest absolute Gasteiger partial charge is 0.516 e. The fourth-order valence-corrected chi connectivity index (χ4v) is 4.47. The molecule has 26 heavy (non-hydrogen) atoms. The van der Waals surface area contributed by atoms with Crippen molar-refractivity contribution in [1.29, 1.82) is 5.26 Å². The van der Waals surface area contributed by atoms with Gasteiger partial charge in [0.15, 0.2) is 0 Å². The number of nitrogens with zero attached hydrogens (tertiary/aromatic N) is 1. The molecule has 0 amide bonds. The van der Waals surface area contributed by atoms with E-state index in [1.54, 1.807) is 12.1 Å². The Kier molecular flexibility index (Phi) is 5.58. The lowest BCUT2D eigenvalue weighted by Crippen LogP contribution is -2.16. The van der Waals surface area contributed by atoms with E-state index >= 15 is 0 Å². The van der Waals surface area contributed by atoms with Gasteiger partial charge < -0.3 is 9.47 Å². The zero-order valence-electron chi connectivity index (χ0n) is 14.9. The molecule has 0 N–H and O–H groups in total. The van der Waals surface area contributed by atoms with E-state index in [-0.39, 0.29) is 18.1 Å². The standard InChI is InChI=1S/C20H21NO4S/c1-12(2)11-24-20(23)25-19(22)14-7-8-15-16(9-14)26-17(10-21)18(15)13-5-3-4-6-13/h7-9,12-13H,3-6,11H2,1-2H3. The van der Waals surface area contributed by atoms with Crippen LogP contribution in [0.25, 0.3) is 10.1 Å². The van der Waals surface area contributed by atoms with E-state index in [4.69, 9.17) is 9.47 Å². The van der Waals surface area contributed by atoms with Crippen molar-refractivity contribution in [3.05, 3.63) is 34.2 Å². The lowest BCUT2D eigenvalue weighted by atomic mass is 9.94. The van der Waals surface area contributed by atoms with Crippen molar-refractivity contribution >= 4 is 33.5 Å². The fraction of sp³-hybridized carbons (Fsp3) is 0.450. The van der Waals surface area contributed by atoms with Crippen molar-refractivity contribution in [2.75, 3.05) is 6.61 Å². The van der Waals surface area contributed by atoms with E-state index in [1.165, 1.54) is 24.2 Å². The van der Waals surface area contributed by atoms with E-state index in [0.29, 0.717) is 10.8 Å². The Morgan fingerprint density at radius 2 is 2.04 bits per heavy atom. The summed E-state index contributed by atoms with van der Waals surface area (Å²) in [6.07, 6.45) is 3.60. The first-order chi connectivity index (χ1) is 12.5. The van der Waals surface area contributed by atoms with Gasteiger partial charge in [-0.3, -0.25) is 0 Å². The molecule has 6 heteroatoms. The minimum atomic E-state index is -0.987. The molecule has 1 aliphatic rings. The highest BCUT2D eigenvalue weighted by atomic mass is 32.1. The number of thiophene rings is 1. The third-order valence-electron chi connectivity index (χ3n) is 4.54. The Bertz CT molecular complexity index is 872. The number of rotatable bonds is 4. The molecular weight excluding hydrogens is 350 g/mol. The van der Waals surface area contributed by atoms with Gasteiger partial charge >= 0.3 is 12.1 Å². The van der Waals surface area contributed by atoms with Crippen molar-refractivity contribution in [2.45, 2.75) is 45.4 Å². The summed E-state index contributed by atoms with van der Waals surface area (Å²) in [4.78, 5) is 24.5. The Labute approximate surface area is 156 Å². The monoisotopic (exact) mass is 371 g/mol. The van der Waals surface area contributed by atoms with Crippen LogP contribution in [-0.4, -0.2) is 18.7 Å². The minimum absolute atomic E-state index is 0.165. The summed E-state index contributed by atoms with van der Waals surface area (Å²) in [6, 6.07) is 7.49. The molecule has 5 nitrogen and oxygen atoms in total. The number of benzene rings is 1. The third-order valence-corrected chi connectivity index (χ3v) is 5.61. The third kappa shape index (κ3) is 3.88. The van der Waals surface area contributed by atoms with E-state index in [0.717, 1.165) is 28.5 Å². The fourth-order valence-electron chi connectivity index (χ4n) is 3.35. The van der Waals surface area contributed by atoms with Crippen LogP contribution in [0, 0.1) is 17.2 Å². The van der Waals surface area contributed by atoms with Gasteiger partial charge in [-0.25, -0.2) is 9.59 Å². The maximum Gasteiger partial charge on any atom is 0.516 e. The Hall–Kier alpha value is -2.39. The van der Waals surface area contributed by atoms with Gasteiger partial charge in [0.25, 0.3) is 0 Å². The molecule has 0 radical (unpaired) electrons. The van der Waals surface area contributed by atoms with Gasteiger partial charge in [0.2, 0.25) is 0 Å². The first kappa shape index (κ1) is 18.4. The summed E-state index contributed by atoms with van der Waals surface area (Å²) in [7, 11) is 0. The summed E-state index contributed by atoms with van der Waals surface area (Å²) in [5, 5.41) is 10.5. The zero-order chi connectivity index (χ0) is 18.7. The van der Waals surface area contributed by atoms with Crippen molar-refractivity contribution in [2.24, 2.45) is 5.92 Å². The van der Waals surface area contributed by atoms with Crippen LogP contribution in [0.4, 0.5) is 4.79 Å². The van der Waals surface area contributed by atoms with Gasteiger partial charge in [0.05, 0.1) is 12.2 Å². The number of ether oxygens (including phenoxy) is 2. The number of fused-ring (bicyclic) bond motifs is 1. The van der Waals surface area contributed by atoms with Crippen LogP contribution in [0.3, 0.4) is 0 Å². The molecule has 2 aromatic rings. The molecule has 0 unspecified atom stereocenters. The molecule has 1 aromatic carbocycles. The van der Waals surface area contributed by atoms with Gasteiger partial charge in [0.1, 0.15) is 10.9 Å². The van der Waals surface area contributed by atoms with Gasteiger partial charge in [-0.2, -0.15) is 5.26 Å². The number of hydrogen-bond donors (Lipinski definition) is 0. The summed E-state index contributed by atoms with van der Waals surface area (Å²) < 4.78 is 10.5. The van der Waals surface area contributed by atoms with E-state index in [9.17, 15) is 14.9 Å². The topological polar surface area (TPSA) is 76.4 Å². The molecule has 1 fully saturated rings. The maximum atomic E-state index is 12.2. The van der Waals surface area contributed by atoms with Crippen LogP contribution in [0.1, 0.15) is 66.2 Å². The molecular formula is C20H21NO4S. The van der Waals surface area contributed by atoms with Crippen molar-refractivity contribution in [3.63, 3.8) is 0 Å². The smallest absolute Gasteiger partial charge is 0.434 e. The minimum Gasteiger partial charge on any atom is -0.434 e. The van der Waals surface area contributed by atoms with Gasteiger partial charge in [-0.05, 0) is 47.8 Å². The quantitative estimate of drug-likeness (QED) is 0.533. The normalized spacial score (nSPS) is 14.5. The average molecular weight is 371 g/mol. The van der Waals surface area contributed by atoms with Crippen molar-refractivity contribution in [1.82, 2.24) is 0 Å². The second-order valence-electron chi connectivity index (χ2n) is 6.99. The van der Waals surface area contributed by atoms with Gasteiger partial charge in [-0.1, -0.05) is 32.8 Å². The van der Waals surface area contributed by atoms with Gasteiger partial charge in [-0.15, -0.1) is 11.3 Å². The number of nitriles is 1. The van der Waals surface area contributed by atoms with Crippen LogP contribution < -0.4 is 0 Å². The number of carbonyl (C=O) groups is 2. The number of esters is 1. The Morgan fingerprint density at radius 1 is 1.31 bits per heavy atom. The highest BCUT2D eigenvalue weighted by Gasteiger charge is 2.25. The SMILES string of the molecule is CC(C)COC(=O)OC(=O)c1ccc2c(C3CCCC3)c(C#N)sc2c1. The molecule has 0 bridgehead atoms. The molecule has 0 atom stereocenters. The van der Waals surface area contributed by atoms with E-state index in [2.05, 4.69) is 6.07 Å². The first-order valence-electron chi connectivity index (χ1n) is 8.85. The van der Waals surface area contributed by atoms with Crippen molar-refractivity contribution in [3.8, 4) is 6.07 Å². The van der Waals surface area contributed by atoms with Crippen LogP contribution in [0.5, 0.6) is 0 Å². The lowest BCUT2D eigenvalue weighted by molar-refractivity contribution is 0.0351. The van der Waals surface area contributed by atoms with E-state index in [1.807, 2.05) is 19.9 Å². The summed E-state index contributed by atoms with van der Waals surface area (Å²) >= 11 is 1.39. The molecule has 1 aliphatic carbocycles. The predicted molar refractivity (Wildman–Crippen MR) is 99.4 cm³/mol. The summed E-state index contributed by atoms with van der Waals surface area (Å²) in [6.45, 7) is 4.00. The molecule has 1 heterocycles. The van der Waals surface area contributed by atoms with Crippen LogP contribution >= 0.6 is 11.3 Å². The van der Waals surface area contributed by atoms with Crippen LogP contribution in [0.15, 0.2) is 18.2 Å². The maximum absolute atomic E-state index is 12.2. The summed E-state index contributed by atoms with van der Waals surface area (Å²) in [5.41, 5.74) is 1.39. The number of hydrogen-bond acceptors (Lipinski definition) is 6. The van der Waals surface area contributed by atoms with Crippen LogP contribution in [-0.2, 0) is 9.47 Å². The molecule has 136 valence electrons. The molecule has 1 aromatic heterocycles. The Morgan fingerprint density at radius 3 is 2.69 bits per heavy atom. The predicted octanol–water partition coefficient (Wildman–Crippen LogP) is 5.38. The molecule has 0 saturated heterocycles. The highest BCUT2D eigenvalue weighted by molar-refractivity contribution is 7.19. The van der Waals surface area contributed by atoms with E-state index < -0.39 is 12.1 Å². The van der Waals surface area contributed by atoms with Crippen molar-refractivity contribution < 1.29 is 19.1 Å². The lowest BCUT2D eigenvalue weighted by Gasteiger charge is -2.09. The first-order valence-corrected chi connectivity index (χ1v) is 9.66. The highest BCUT2D eigenvalue weighted by Crippen LogP contribution is 2.43. The number of carbonyl (C=O) groups excluding carboxylic acids is 2. The van der Waals surface area contributed by atoms with Gasteiger partial charge in [0, 0.05) is 4.70 Å². The second-order valence-corrected chi connectivity index (χ2v) is 8.05. The average Bonchev–Trinajstić information content (AvgIpc) is 3.25. The molecule has 3 rings (SSSR count). The molecule has 0 aliphatic heterocycles. The Balaban J connectivity index is 1.82. The summed E-state index contributed by atoms with van der Waals surface area (Å²) in [5.74, 6) is -0.157.